The Morgan fingerprint density at radius 3 is 2.56 bits per heavy atom. The SMILES string of the molecule is CC(C)c1ccccc1O[C@H]1CC[C@]1(C)O. The lowest BCUT2D eigenvalue weighted by molar-refractivity contribution is -0.118. The molecular weight excluding hydrogens is 200 g/mol. The number of hydrogen-bond donors (Lipinski definition) is 1. The number of aliphatic hydroxyl groups is 1. The van der Waals surface area contributed by atoms with E-state index in [-0.39, 0.29) is 6.10 Å². The highest BCUT2D eigenvalue weighted by atomic mass is 16.5. The Bertz CT molecular complexity index is 369. The highest BCUT2D eigenvalue weighted by molar-refractivity contribution is 5.36. The van der Waals surface area contributed by atoms with E-state index in [0.29, 0.717) is 5.92 Å². The van der Waals surface area contributed by atoms with E-state index in [1.54, 1.807) is 0 Å². The van der Waals surface area contributed by atoms with Crippen molar-refractivity contribution < 1.29 is 9.84 Å². The van der Waals surface area contributed by atoms with Crippen molar-refractivity contribution >= 4 is 0 Å². The number of hydrogen-bond acceptors (Lipinski definition) is 2. The van der Waals surface area contributed by atoms with Crippen LogP contribution in [0.5, 0.6) is 5.75 Å². The lowest BCUT2D eigenvalue weighted by Gasteiger charge is -2.42. The van der Waals surface area contributed by atoms with Gasteiger partial charge in [-0.1, -0.05) is 32.0 Å². The number of benzene rings is 1. The van der Waals surface area contributed by atoms with E-state index < -0.39 is 5.60 Å². The quantitative estimate of drug-likeness (QED) is 0.848. The van der Waals surface area contributed by atoms with Gasteiger partial charge in [0, 0.05) is 0 Å². The molecule has 2 heteroatoms. The van der Waals surface area contributed by atoms with Gasteiger partial charge in [-0.15, -0.1) is 0 Å². The van der Waals surface area contributed by atoms with Crippen LogP contribution in [0.1, 0.15) is 45.1 Å². The molecule has 1 aromatic carbocycles. The molecular formula is C14H20O2. The fourth-order valence-corrected chi connectivity index (χ4v) is 2.08. The van der Waals surface area contributed by atoms with Crippen molar-refractivity contribution in [3.8, 4) is 5.75 Å². The molecule has 1 saturated carbocycles. The Labute approximate surface area is 97.3 Å². The molecule has 0 unspecified atom stereocenters. The third kappa shape index (κ3) is 2.07. The second-order valence-electron chi connectivity index (χ2n) is 5.19. The molecule has 1 fully saturated rings. The van der Waals surface area contributed by atoms with Gasteiger partial charge in [-0.25, -0.2) is 0 Å². The van der Waals surface area contributed by atoms with Gasteiger partial charge < -0.3 is 9.84 Å². The maximum atomic E-state index is 9.94. The van der Waals surface area contributed by atoms with Crippen LogP contribution in [0.15, 0.2) is 24.3 Å². The summed E-state index contributed by atoms with van der Waals surface area (Å²) in [6.45, 7) is 6.15. The minimum absolute atomic E-state index is 0.0487. The predicted octanol–water partition coefficient (Wildman–Crippen LogP) is 3.10. The molecule has 0 aromatic heterocycles. The molecule has 0 saturated heterocycles. The Morgan fingerprint density at radius 2 is 2.06 bits per heavy atom. The van der Waals surface area contributed by atoms with Gasteiger partial charge in [0.15, 0.2) is 0 Å². The van der Waals surface area contributed by atoms with Crippen LogP contribution in [0.25, 0.3) is 0 Å². The third-order valence-corrected chi connectivity index (χ3v) is 3.42. The molecule has 1 aliphatic rings. The third-order valence-electron chi connectivity index (χ3n) is 3.42. The van der Waals surface area contributed by atoms with Crippen LogP contribution < -0.4 is 4.74 Å². The maximum Gasteiger partial charge on any atom is 0.127 e. The van der Waals surface area contributed by atoms with Gasteiger partial charge in [0.25, 0.3) is 0 Å². The monoisotopic (exact) mass is 220 g/mol. The Hall–Kier alpha value is -1.02. The summed E-state index contributed by atoms with van der Waals surface area (Å²) in [7, 11) is 0. The predicted molar refractivity (Wildman–Crippen MR) is 64.8 cm³/mol. The van der Waals surface area contributed by atoms with E-state index in [2.05, 4.69) is 19.9 Å². The summed E-state index contributed by atoms with van der Waals surface area (Å²) in [4.78, 5) is 0. The highest BCUT2D eigenvalue weighted by Gasteiger charge is 2.43. The summed E-state index contributed by atoms with van der Waals surface area (Å²) in [5, 5.41) is 9.94. The van der Waals surface area contributed by atoms with Gasteiger partial charge in [-0.3, -0.25) is 0 Å². The van der Waals surface area contributed by atoms with Crippen molar-refractivity contribution in [3.05, 3.63) is 29.8 Å². The van der Waals surface area contributed by atoms with Crippen LogP contribution in [0.3, 0.4) is 0 Å². The first-order valence-electron chi connectivity index (χ1n) is 5.98. The van der Waals surface area contributed by atoms with Crippen molar-refractivity contribution in [2.24, 2.45) is 0 Å². The molecule has 2 atom stereocenters. The molecule has 88 valence electrons. The zero-order valence-electron chi connectivity index (χ0n) is 10.2. The summed E-state index contributed by atoms with van der Waals surface area (Å²) in [6, 6.07) is 8.09. The second kappa shape index (κ2) is 4.10. The first kappa shape index (κ1) is 11.5. The normalized spacial score (nSPS) is 28.9. The summed E-state index contributed by atoms with van der Waals surface area (Å²) in [5.74, 6) is 1.36. The average molecular weight is 220 g/mol. The van der Waals surface area contributed by atoms with Crippen LogP contribution in [0.4, 0.5) is 0 Å². The van der Waals surface area contributed by atoms with Crippen LogP contribution in [-0.2, 0) is 0 Å². The fourth-order valence-electron chi connectivity index (χ4n) is 2.08. The highest BCUT2D eigenvalue weighted by Crippen LogP contribution is 2.37. The lowest BCUT2D eigenvalue weighted by atomic mass is 9.78. The molecule has 2 nitrogen and oxygen atoms in total. The summed E-state index contributed by atoms with van der Waals surface area (Å²) in [6.07, 6.45) is 1.73. The van der Waals surface area contributed by atoms with Crippen molar-refractivity contribution in [2.45, 2.75) is 51.2 Å². The molecule has 0 radical (unpaired) electrons. The number of para-hydroxylation sites is 1. The van der Waals surface area contributed by atoms with E-state index in [0.717, 1.165) is 18.6 Å². The van der Waals surface area contributed by atoms with Crippen molar-refractivity contribution in [1.29, 1.82) is 0 Å². The van der Waals surface area contributed by atoms with Gasteiger partial charge in [0.05, 0.1) is 5.60 Å². The summed E-state index contributed by atoms with van der Waals surface area (Å²) >= 11 is 0. The molecule has 1 aliphatic carbocycles. The number of rotatable bonds is 3. The molecule has 0 amide bonds. The molecule has 0 heterocycles. The zero-order chi connectivity index (χ0) is 11.8. The van der Waals surface area contributed by atoms with Crippen LogP contribution >= 0.6 is 0 Å². The Balaban J connectivity index is 2.15. The van der Waals surface area contributed by atoms with Gasteiger partial charge in [-0.2, -0.15) is 0 Å². The van der Waals surface area contributed by atoms with Crippen molar-refractivity contribution in [3.63, 3.8) is 0 Å². The Morgan fingerprint density at radius 1 is 1.38 bits per heavy atom. The smallest absolute Gasteiger partial charge is 0.127 e. The molecule has 16 heavy (non-hydrogen) atoms. The van der Waals surface area contributed by atoms with Gasteiger partial charge in [-0.05, 0) is 37.3 Å². The Kier molecular flexibility index (Phi) is 2.94. The topological polar surface area (TPSA) is 29.5 Å². The average Bonchev–Trinajstić information content (AvgIpc) is 2.25. The van der Waals surface area contributed by atoms with E-state index in [4.69, 9.17) is 4.74 Å². The van der Waals surface area contributed by atoms with Crippen LogP contribution in [0.2, 0.25) is 0 Å². The zero-order valence-corrected chi connectivity index (χ0v) is 10.2. The maximum absolute atomic E-state index is 9.94. The molecule has 2 rings (SSSR count). The van der Waals surface area contributed by atoms with E-state index in [9.17, 15) is 5.11 Å². The van der Waals surface area contributed by atoms with E-state index >= 15 is 0 Å². The molecule has 1 N–H and O–H groups in total. The van der Waals surface area contributed by atoms with E-state index in [1.165, 1.54) is 5.56 Å². The van der Waals surface area contributed by atoms with Crippen LogP contribution in [0, 0.1) is 0 Å². The second-order valence-corrected chi connectivity index (χ2v) is 5.19. The summed E-state index contributed by atoms with van der Waals surface area (Å²) < 4.78 is 5.91. The minimum atomic E-state index is -0.649. The van der Waals surface area contributed by atoms with Crippen LogP contribution in [-0.4, -0.2) is 16.8 Å². The molecule has 1 aromatic rings. The van der Waals surface area contributed by atoms with Gasteiger partial charge in [0.1, 0.15) is 11.9 Å². The summed E-state index contributed by atoms with van der Waals surface area (Å²) in [5.41, 5.74) is 0.564. The first-order valence-corrected chi connectivity index (χ1v) is 5.98. The van der Waals surface area contributed by atoms with Crippen molar-refractivity contribution in [1.82, 2.24) is 0 Å². The first-order chi connectivity index (χ1) is 7.50. The lowest BCUT2D eigenvalue weighted by Crippen LogP contribution is -2.52. The van der Waals surface area contributed by atoms with Gasteiger partial charge >= 0.3 is 0 Å². The molecule has 0 aliphatic heterocycles. The molecule has 0 spiro atoms. The van der Waals surface area contributed by atoms with Gasteiger partial charge in [0.2, 0.25) is 0 Å². The number of ether oxygens (including phenoxy) is 1. The standard InChI is InChI=1S/C14H20O2/c1-10(2)11-6-4-5-7-12(11)16-13-8-9-14(13,3)15/h4-7,10,13,15H,8-9H2,1-3H3/t13-,14-/m0/s1. The minimum Gasteiger partial charge on any atom is -0.487 e. The van der Waals surface area contributed by atoms with Crippen molar-refractivity contribution in [2.75, 3.05) is 0 Å². The fraction of sp³-hybridized carbons (Fsp3) is 0.571. The van der Waals surface area contributed by atoms with E-state index in [1.807, 2.05) is 25.1 Å². The largest absolute Gasteiger partial charge is 0.487 e. The molecule has 0 bridgehead atoms.